The molecule has 8 nitrogen and oxygen atoms in total. The van der Waals surface area contributed by atoms with Gasteiger partial charge in [0.15, 0.2) is 0 Å². The molecule has 1 fully saturated rings. The zero-order valence-corrected chi connectivity index (χ0v) is 17.1. The Kier molecular flexibility index (Phi) is 8.31. The van der Waals surface area contributed by atoms with Crippen LogP contribution in [-0.4, -0.2) is 53.4 Å². The van der Waals surface area contributed by atoms with E-state index in [1.54, 1.807) is 18.3 Å². The minimum Gasteiger partial charge on any atom is -0.394 e. The number of pyridine rings is 1. The molecule has 4 N–H and O–H groups in total. The van der Waals surface area contributed by atoms with Gasteiger partial charge in [-0.25, -0.2) is 9.18 Å². The topological polar surface area (TPSA) is 113 Å². The maximum Gasteiger partial charge on any atom is 0.319 e. The van der Waals surface area contributed by atoms with Gasteiger partial charge in [-0.05, 0) is 55.7 Å². The summed E-state index contributed by atoms with van der Waals surface area (Å²) in [5.41, 5.74) is 1.18. The van der Waals surface area contributed by atoms with Crippen molar-refractivity contribution in [3.8, 4) is 0 Å². The van der Waals surface area contributed by atoms with E-state index >= 15 is 0 Å². The number of anilines is 1. The van der Waals surface area contributed by atoms with Gasteiger partial charge in [-0.2, -0.15) is 0 Å². The van der Waals surface area contributed by atoms with Crippen LogP contribution in [-0.2, 0) is 16.0 Å². The molecule has 1 aliphatic rings. The van der Waals surface area contributed by atoms with E-state index in [2.05, 4.69) is 20.9 Å². The number of nitrogens with zero attached hydrogens (tertiary/aromatic N) is 1. The number of carbonyl (C=O) groups is 2. The number of aromatic nitrogens is 1. The van der Waals surface area contributed by atoms with Crippen LogP contribution in [0.1, 0.15) is 25.0 Å². The van der Waals surface area contributed by atoms with E-state index < -0.39 is 12.1 Å². The molecule has 0 spiro atoms. The maximum atomic E-state index is 13.0. The zero-order valence-electron chi connectivity index (χ0n) is 17.1. The third-order valence-electron chi connectivity index (χ3n) is 5.07. The van der Waals surface area contributed by atoms with Crippen LogP contribution in [0.3, 0.4) is 0 Å². The van der Waals surface area contributed by atoms with E-state index in [4.69, 9.17) is 4.74 Å². The zero-order chi connectivity index (χ0) is 22.1. The van der Waals surface area contributed by atoms with Gasteiger partial charge in [0.1, 0.15) is 11.9 Å². The van der Waals surface area contributed by atoms with E-state index in [0.717, 1.165) is 0 Å². The highest BCUT2D eigenvalue weighted by Gasteiger charge is 2.31. The standard InChI is InChI=1S/C22H27FN4O4/c23-15-4-6-16(7-5-15)26-22(30)27-19-9-8-18(31-20(19)14-28)10-12-25-21(29)13-17-3-1-2-11-24-17/h1-7,11,18-20,28H,8-10,12-14H2,(H,25,29)(H2,26,27,30)/t18-,19-,20-/m0/s1. The second-order valence-electron chi connectivity index (χ2n) is 7.40. The minimum atomic E-state index is -0.540. The number of hydrogen-bond acceptors (Lipinski definition) is 5. The van der Waals surface area contributed by atoms with Crippen molar-refractivity contribution in [3.63, 3.8) is 0 Å². The Hall–Kier alpha value is -3.04. The molecule has 31 heavy (non-hydrogen) atoms. The lowest BCUT2D eigenvalue weighted by Gasteiger charge is -2.36. The molecular weight excluding hydrogens is 403 g/mol. The molecule has 1 aromatic heterocycles. The lowest BCUT2D eigenvalue weighted by atomic mass is 9.97. The van der Waals surface area contributed by atoms with Crippen molar-refractivity contribution in [2.24, 2.45) is 0 Å². The second-order valence-corrected chi connectivity index (χ2v) is 7.40. The number of benzene rings is 1. The summed E-state index contributed by atoms with van der Waals surface area (Å²) in [4.78, 5) is 28.3. The molecule has 2 aromatic rings. The highest BCUT2D eigenvalue weighted by Crippen LogP contribution is 2.22. The predicted molar refractivity (Wildman–Crippen MR) is 113 cm³/mol. The van der Waals surface area contributed by atoms with Crippen LogP contribution in [0.4, 0.5) is 14.9 Å². The van der Waals surface area contributed by atoms with Gasteiger partial charge in [0.2, 0.25) is 5.91 Å². The number of ether oxygens (including phenoxy) is 1. The van der Waals surface area contributed by atoms with Crippen LogP contribution in [0.5, 0.6) is 0 Å². The molecule has 3 amide bonds. The number of halogens is 1. The van der Waals surface area contributed by atoms with Gasteiger partial charge in [-0.3, -0.25) is 9.78 Å². The largest absolute Gasteiger partial charge is 0.394 e. The Morgan fingerprint density at radius 3 is 2.68 bits per heavy atom. The van der Waals surface area contributed by atoms with Crippen molar-refractivity contribution in [1.29, 1.82) is 0 Å². The number of rotatable bonds is 8. The Bertz CT molecular complexity index is 850. The molecule has 3 rings (SSSR count). The number of carbonyl (C=O) groups excluding carboxylic acids is 2. The summed E-state index contributed by atoms with van der Waals surface area (Å²) in [6.45, 7) is 0.224. The van der Waals surface area contributed by atoms with Gasteiger partial charge in [-0.15, -0.1) is 0 Å². The lowest BCUT2D eigenvalue weighted by Crippen LogP contribution is -2.52. The van der Waals surface area contributed by atoms with Gasteiger partial charge >= 0.3 is 6.03 Å². The number of urea groups is 1. The van der Waals surface area contributed by atoms with Crippen molar-refractivity contribution in [2.75, 3.05) is 18.5 Å². The number of aliphatic hydroxyl groups excluding tert-OH is 1. The smallest absolute Gasteiger partial charge is 0.319 e. The van der Waals surface area contributed by atoms with Crippen molar-refractivity contribution in [2.45, 2.75) is 43.9 Å². The quantitative estimate of drug-likeness (QED) is 0.512. The van der Waals surface area contributed by atoms with Crippen LogP contribution in [0.2, 0.25) is 0 Å². The first-order valence-electron chi connectivity index (χ1n) is 10.3. The molecule has 166 valence electrons. The SMILES string of the molecule is O=C(Cc1ccccn1)NCC[C@@H]1CC[C@H](NC(=O)Nc2ccc(F)cc2)[C@H](CO)O1. The molecule has 0 bridgehead atoms. The third kappa shape index (κ3) is 7.30. The molecule has 0 radical (unpaired) electrons. The molecule has 1 aromatic carbocycles. The van der Waals surface area contributed by atoms with Crippen LogP contribution in [0.15, 0.2) is 48.7 Å². The lowest BCUT2D eigenvalue weighted by molar-refractivity contribution is -0.121. The molecule has 1 saturated heterocycles. The van der Waals surface area contributed by atoms with Crippen molar-refractivity contribution < 1.29 is 23.8 Å². The molecule has 1 aliphatic heterocycles. The molecule has 0 unspecified atom stereocenters. The molecule has 3 atom stereocenters. The van der Waals surface area contributed by atoms with Gasteiger partial charge in [0.05, 0.1) is 25.2 Å². The second kappa shape index (κ2) is 11.4. The fourth-order valence-corrected chi connectivity index (χ4v) is 3.48. The Morgan fingerprint density at radius 2 is 1.97 bits per heavy atom. The monoisotopic (exact) mass is 430 g/mol. The van der Waals surface area contributed by atoms with E-state index in [9.17, 15) is 19.1 Å². The van der Waals surface area contributed by atoms with E-state index in [-0.39, 0.29) is 36.9 Å². The first kappa shape index (κ1) is 22.6. The molecule has 0 saturated carbocycles. The van der Waals surface area contributed by atoms with E-state index in [0.29, 0.717) is 37.2 Å². The Morgan fingerprint density at radius 1 is 1.16 bits per heavy atom. The maximum absolute atomic E-state index is 13.0. The molecule has 2 heterocycles. The first-order valence-corrected chi connectivity index (χ1v) is 10.3. The Balaban J connectivity index is 1.39. The predicted octanol–water partition coefficient (Wildman–Crippen LogP) is 2.00. The number of amides is 3. The van der Waals surface area contributed by atoms with Gasteiger partial charge in [0.25, 0.3) is 0 Å². The van der Waals surface area contributed by atoms with Crippen LogP contribution in [0.25, 0.3) is 0 Å². The highest BCUT2D eigenvalue weighted by molar-refractivity contribution is 5.89. The number of nitrogens with one attached hydrogen (secondary N) is 3. The van der Waals surface area contributed by atoms with Gasteiger partial charge in [0, 0.05) is 24.1 Å². The summed E-state index contributed by atoms with van der Waals surface area (Å²) in [5, 5.41) is 18.0. The minimum absolute atomic E-state index is 0.106. The van der Waals surface area contributed by atoms with E-state index in [1.807, 2.05) is 6.07 Å². The molecular formula is C22H27FN4O4. The third-order valence-corrected chi connectivity index (χ3v) is 5.07. The molecule has 0 aliphatic carbocycles. The van der Waals surface area contributed by atoms with Gasteiger partial charge < -0.3 is 25.8 Å². The summed E-state index contributed by atoms with van der Waals surface area (Å²) in [6, 6.07) is 10.1. The average molecular weight is 430 g/mol. The van der Waals surface area contributed by atoms with Gasteiger partial charge in [-0.1, -0.05) is 6.07 Å². The summed E-state index contributed by atoms with van der Waals surface area (Å²) < 4.78 is 18.9. The summed E-state index contributed by atoms with van der Waals surface area (Å²) in [5.74, 6) is -0.490. The van der Waals surface area contributed by atoms with Crippen LogP contribution in [0, 0.1) is 5.82 Å². The van der Waals surface area contributed by atoms with E-state index in [1.165, 1.54) is 24.3 Å². The van der Waals surface area contributed by atoms with Crippen molar-refractivity contribution >= 4 is 17.6 Å². The number of hydrogen-bond donors (Lipinski definition) is 4. The fraction of sp³-hybridized carbons (Fsp3) is 0.409. The van der Waals surface area contributed by atoms with Crippen molar-refractivity contribution in [1.82, 2.24) is 15.6 Å². The summed E-state index contributed by atoms with van der Waals surface area (Å²) in [7, 11) is 0. The number of aliphatic hydroxyl groups is 1. The van der Waals surface area contributed by atoms with Crippen molar-refractivity contribution in [3.05, 3.63) is 60.2 Å². The summed E-state index contributed by atoms with van der Waals surface area (Å²) >= 11 is 0. The summed E-state index contributed by atoms with van der Waals surface area (Å²) in [6.07, 6.45) is 3.15. The Labute approximate surface area is 180 Å². The van der Waals surface area contributed by atoms with Crippen LogP contribution < -0.4 is 16.0 Å². The normalized spacial score (nSPS) is 20.6. The molecule has 9 heteroatoms. The fourth-order valence-electron chi connectivity index (χ4n) is 3.48. The first-order chi connectivity index (χ1) is 15.0. The van der Waals surface area contributed by atoms with Crippen LogP contribution >= 0.6 is 0 Å². The highest BCUT2D eigenvalue weighted by atomic mass is 19.1. The average Bonchev–Trinajstić information content (AvgIpc) is 2.77.